The molecular weight excluding hydrogens is 459 g/mol. The van der Waals surface area contributed by atoms with Gasteiger partial charge in [-0.15, -0.1) is 13.2 Å². The minimum atomic E-state index is -0.447. The van der Waals surface area contributed by atoms with Crippen LogP contribution in [0.3, 0.4) is 0 Å². The molecule has 0 bridgehead atoms. The Morgan fingerprint density at radius 2 is 1.85 bits per heavy atom. The van der Waals surface area contributed by atoms with E-state index in [1.165, 1.54) is 14.3 Å². The van der Waals surface area contributed by atoms with Gasteiger partial charge in [-0.05, 0) is 30.4 Å². The SMILES string of the molecule is Cn1nc2c(c1-c1nnn(I)n1)CC[C@H]1C(C)(C)C3(CC[C@]21C)OCCO3. The van der Waals surface area contributed by atoms with E-state index in [1.54, 1.807) is 0 Å². The van der Waals surface area contributed by atoms with E-state index < -0.39 is 5.79 Å². The van der Waals surface area contributed by atoms with Crippen molar-refractivity contribution in [3.05, 3.63) is 11.3 Å². The summed E-state index contributed by atoms with van der Waals surface area (Å²) in [5.74, 6) is 0.648. The fourth-order valence-corrected chi connectivity index (χ4v) is 6.34. The standard InChI is InChI=1S/C18H25IN6O2/c1-16(2)12-6-5-11-13(15-20-23-25(19)22-15)24(4)21-14(11)17(12,3)7-8-18(16)26-9-10-27-18/h12H,5-10H2,1-4H3/t12-,17-/m0/s1. The van der Waals surface area contributed by atoms with Crippen molar-refractivity contribution in [2.45, 2.75) is 57.7 Å². The maximum Gasteiger partial charge on any atom is 0.224 e. The fourth-order valence-electron chi connectivity index (χ4n) is 6.04. The van der Waals surface area contributed by atoms with Crippen LogP contribution in [0.2, 0.25) is 0 Å². The lowest BCUT2D eigenvalue weighted by Crippen LogP contribution is -2.61. The molecule has 0 amide bonds. The Balaban J connectivity index is 1.61. The minimum absolute atomic E-state index is 0.00598. The Kier molecular flexibility index (Phi) is 3.82. The molecule has 0 radical (unpaired) electrons. The second kappa shape index (κ2) is 5.73. The highest BCUT2D eigenvalue weighted by Crippen LogP contribution is 2.62. The van der Waals surface area contributed by atoms with E-state index in [9.17, 15) is 0 Å². The van der Waals surface area contributed by atoms with Gasteiger partial charge in [0.15, 0.2) is 5.79 Å². The monoisotopic (exact) mass is 484 g/mol. The van der Waals surface area contributed by atoms with E-state index in [0.29, 0.717) is 25.0 Å². The summed E-state index contributed by atoms with van der Waals surface area (Å²) in [4.78, 5) is 0. The van der Waals surface area contributed by atoms with E-state index in [4.69, 9.17) is 14.6 Å². The van der Waals surface area contributed by atoms with Gasteiger partial charge < -0.3 is 9.47 Å². The molecule has 27 heavy (non-hydrogen) atoms. The van der Waals surface area contributed by atoms with Crippen LogP contribution in [0, 0.1) is 11.3 Å². The molecule has 2 atom stereocenters. The third-order valence-electron chi connectivity index (χ3n) is 7.32. The second-order valence-electron chi connectivity index (χ2n) is 8.83. The molecule has 146 valence electrons. The van der Waals surface area contributed by atoms with Crippen LogP contribution < -0.4 is 0 Å². The molecule has 8 nitrogen and oxygen atoms in total. The predicted octanol–water partition coefficient (Wildman–Crippen LogP) is 2.65. The van der Waals surface area contributed by atoms with Crippen molar-refractivity contribution < 1.29 is 9.47 Å². The van der Waals surface area contributed by atoms with Crippen molar-refractivity contribution in [3.8, 4) is 11.5 Å². The van der Waals surface area contributed by atoms with Crippen LogP contribution in [-0.2, 0) is 28.4 Å². The summed E-state index contributed by atoms with van der Waals surface area (Å²) in [6, 6.07) is 0. The number of aryl methyl sites for hydroxylation is 1. The van der Waals surface area contributed by atoms with Gasteiger partial charge in [0.1, 0.15) is 28.6 Å². The van der Waals surface area contributed by atoms with Crippen LogP contribution >= 0.6 is 22.9 Å². The Morgan fingerprint density at radius 3 is 2.52 bits per heavy atom. The number of rotatable bonds is 1. The van der Waals surface area contributed by atoms with Crippen LogP contribution in [0.25, 0.3) is 11.5 Å². The maximum absolute atomic E-state index is 6.20. The summed E-state index contributed by atoms with van der Waals surface area (Å²) < 4.78 is 15.8. The summed E-state index contributed by atoms with van der Waals surface area (Å²) in [7, 11) is 1.98. The molecule has 3 aliphatic rings. The molecule has 0 unspecified atom stereocenters. The summed E-state index contributed by atoms with van der Waals surface area (Å²) >= 11 is 2.02. The lowest BCUT2D eigenvalue weighted by Gasteiger charge is -2.59. The van der Waals surface area contributed by atoms with Gasteiger partial charge in [0.2, 0.25) is 5.82 Å². The van der Waals surface area contributed by atoms with Crippen molar-refractivity contribution >= 4 is 22.9 Å². The normalized spacial score (nSPS) is 31.1. The van der Waals surface area contributed by atoms with Gasteiger partial charge in [0, 0.05) is 29.9 Å². The van der Waals surface area contributed by atoms with Gasteiger partial charge >= 0.3 is 0 Å². The van der Waals surface area contributed by atoms with E-state index >= 15 is 0 Å². The molecule has 3 heterocycles. The molecule has 9 heteroatoms. The van der Waals surface area contributed by atoms with Crippen molar-refractivity contribution in [1.29, 1.82) is 0 Å². The molecule has 0 aromatic carbocycles. The number of fused-ring (bicyclic) bond motifs is 3. The molecule has 1 spiro atoms. The Morgan fingerprint density at radius 1 is 1.11 bits per heavy atom. The molecule has 2 aliphatic carbocycles. The summed E-state index contributed by atoms with van der Waals surface area (Å²) in [6.45, 7) is 8.41. The highest BCUT2D eigenvalue weighted by molar-refractivity contribution is 14.1. The first kappa shape index (κ1) is 18.0. The zero-order chi connectivity index (χ0) is 19.0. The molecule has 1 saturated carbocycles. The molecule has 2 aromatic rings. The average Bonchev–Trinajstić information content (AvgIpc) is 3.31. The fraction of sp³-hybridized carbons (Fsp3) is 0.778. The molecule has 1 aliphatic heterocycles. The quantitative estimate of drug-likeness (QED) is 0.580. The zero-order valence-corrected chi connectivity index (χ0v) is 18.4. The van der Waals surface area contributed by atoms with Crippen molar-refractivity contribution in [3.63, 3.8) is 0 Å². The molecular formula is C18H25IN6O2. The van der Waals surface area contributed by atoms with Gasteiger partial charge in [0.05, 0.1) is 18.9 Å². The van der Waals surface area contributed by atoms with Gasteiger partial charge in [-0.25, -0.2) is 0 Å². The lowest BCUT2D eigenvalue weighted by atomic mass is 9.49. The predicted molar refractivity (Wildman–Crippen MR) is 106 cm³/mol. The van der Waals surface area contributed by atoms with Gasteiger partial charge in [0.25, 0.3) is 0 Å². The van der Waals surface area contributed by atoms with E-state index in [0.717, 1.165) is 31.4 Å². The molecule has 2 aromatic heterocycles. The number of hydrogen-bond donors (Lipinski definition) is 0. The van der Waals surface area contributed by atoms with E-state index in [1.807, 2.05) is 34.6 Å². The smallest absolute Gasteiger partial charge is 0.224 e. The van der Waals surface area contributed by atoms with Crippen molar-refractivity contribution in [1.82, 2.24) is 28.2 Å². The van der Waals surface area contributed by atoms with Gasteiger partial charge in [-0.2, -0.15) is 5.10 Å². The Bertz CT molecular complexity index is 900. The second-order valence-corrected chi connectivity index (χ2v) is 9.70. The van der Waals surface area contributed by atoms with Crippen LogP contribution in [0.4, 0.5) is 0 Å². The number of tetrazole rings is 1. The number of ether oxygens (including phenoxy) is 2. The highest BCUT2D eigenvalue weighted by atomic mass is 127. The van der Waals surface area contributed by atoms with E-state index in [-0.39, 0.29) is 10.8 Å². The number of nitrogens with zero attached hydrogens (tertiary/aromatic N) is 6. The first-order valence-electron chi connectivity index (χ1n) is 9.59. The largest absolute Gasteiger partial charge is 0.347 e. The van der Waals surface area contributed by atoms with Crippen LogP contribution in [-0.4, -0.2) is 47.2 Å². The third kappa shape index (κ3) is 2.27. The highest BCUT2D eigenvalue weighted by Gasteiger charge is 2.64. The minimum Gasteiger partial charge on any atom is -0.347 e. The first-order valence-corrected chi connectivity index (χ1v) is 10.6. The summed E-state index contributed by atoms with van der Waals surface area (Å²) in [5.41, 5.74) is 3.39. The maximum atomic E-state index is 6.20. The average molecular weight is 484 g/mol. The zero-order valence-electron chi connectivity index (χ0n) is 16.2. The molecule has 1 saturated heterocycles. The Labute approximate surface area is 172 Å². The molecule has 2 fully saturated rings. The van der Waals surface area contributed by atoms with Crippen LogP contribution in [0.15, 0.2) is 0 Å². The Hall–Kier alpha value is -1.07. The lowest BCUT2D eigenvalue weighted by molar-refractivity contribution is -0.276. The van der Waals surface area contributed by atoms with Crippen LogP contribution in [0.1, 0.15) is 51.3 Å². The first-order chi connectivity index (χ1) is 12.8. The van der Waals surface area contributed by atoms with E-state index in [2.05, 4.69) is 36.2 Å². The summed E-state index contributed by atoms with van der Waals surface area (Å²) in [6.07, 6.45) is 3.97. The topological polar surface area (TPSA) is 79.9 Å². The number of aromatic nitrogens is 6. The van der Waals surface area contributed by atoms with Gasteiger partial charge in [-0.1, -0.05) is 20.8 Å². The van der Waals surface area contributed by atoms with Crippen molar-refractivity contribution in [2.24, 2.45) is 18.4 Å². The molecule has 0 N–H and O–H groups in total. The molecule has 5 rings (SSSR count). The van der Waals surface area contributed by atoms with Gasteiger partial charge in [-0.3, -0.25) is 4.68 Å². The summed E-state index contributed by atoms with van der Waals surface area (Å²) in [5, 5.41) is 17.6. The number of halogens is 1. The van der Waals surface area contributed by atoms with Crippen molar-refractivity contribution in [2.75, 3.05) is 13.2 Å². The van der Waals surface area contributed by atoms with Crippen LogP contribution in [0.5, 0.6) is 0 Å². The third-order valence-corrected chi connectivity index (χ3v) is 7.73. The number of hydrogen-bond acceptors (Lipinski definition) is 6.